The molecule has 0 radical (unpaired) electrons. The molecule has 0 aliphatic carbocycles. The van der Waals surface area contributed by atoms with Crippen molar-refractivity contribution in [3.63, 3.8) is 0 Å². The van der Waals surface area contributed by atoms with Gasteiger partial charge >= 0.3 is 0 Å². The number of aryl methyl sites for hydroxylation is 1. The van der Waals surface area contributed by atoms with Crippen LogP contribution < -0.4 is 0 Å². The Morgan fingerprint density at radius 3 is 2.17 bits per heavy atom. The molecule has 0 aliphatic rings. The number of phenols is 2. The average molecular weight is 242 g/mol. The smallest absolute Gasteiger partial charge is 0.126 e. The van der Waals surface area contributed by atoms with E-state index in [0.717, 1.165) is 35.1 Å². The predicted octanol–water partition coefficient (Wildman–Crippen LogP) is 3.89. The molecule has 18 heavy (non-hydrogen) atoms. The summed E-state index contributed by atoms with van der Waals surface area (Å²) in [5, 5.41) is 20.2. The van der Waals surface area contributed by atoms with Crippen molar-refractivity contribution in [2.24, 2.45) is 0 Å². The highest BCUT2D eigenvalue weighted by atomic mass is 16.3. The van der Waals surface area contributed by atoms with Gasteiger partial charge in [-0.25, -0.2) is 0 Å². The highest BCUT2D eigenvalue weighted by Crippen LogP contribution is 2.37. The van der Waals surface area contributed by atoms with E-state index in [-0.39, 0.29) is 5.75 Å². The van der Waals surface area contributed by atoms with E-state index in [1.54, 1.807) is 6.07 Å². The molecule has 0 aliphatic heterocycles. The maximum atomic E-state index is 10.3. The second kappa shape index (κ2) is 5.13. The normalized spacial score (nSPS) is 10.6. The van der Waals surface area contributed by atoms with Gasteiger partial charge in [0.1, 0.15) is 11.5 Å². The van der Waals surface area contributed by atoms with Crippen LogP contribution >= 0.6 is 0 Å². The summed E-state index contributed by atoms with van der Waals surface area (Å²) < 4.78 is 0. The molecule has 0 bridgehead atoms. The molecule has 0 amide bonds. The van der Waals surface area contributed by atoms with Crippen LogP contribution in [0.15, 0.2) is 36.4 Å². The lowest BCUT2D eigenvalue weighted by Crippen LogP contribution is -1.91. The lowest BCUT2D eigenvalue weighted by molar-refractivity contribution is 0.467. The van der Waals surface area contributed by atoms with Crippen molar-refractivity contribution < 1.29 is 10.2 Å². The molecule has 2 rings (SSSR count). The van der Waals surface area contributed by atoms with Crippen LogP contribution in [0.1, 0.15) is 25.0 Å². The summed E-state index contributed by atoms with van der Waals surface area (Å²) in [4.78, 5) is 0. The van der Waals surface area contributed by atoms with Gasteiger partial charge in [0.25, 0.3) is 0 Å². The third-order valence-electron chi connectivity index (χ3n) is 3.30. The molecule has 2 aromatic carbocycles. The minimum atomic E-state index is 0.288. The minimum Gasteiger partial charge on any atom is -0.508 e. The van der Waals surface area contributed by atoms with Crippen LogP contribution in [0, 0.1) is 0 Å². The van der Waals surface area contributed by atoms with E-state index >= 15 is 0 Å². The molecule has 0 saturated heterocycles. The Labute approximate surface area is 108 Å². The molecule has 0 spiro atoms. The molecular weight excluding hydrogens is 224 g/mol. The lowest BCUT2D eigenvalue weighted by atomic mass is 9.94. The van der Waals surface area contributed by atoms with Gasteiger partial charge in [0, 0.05) is 11.1 Å². The van der Waals surface area contributed by atoms with Gasteiger partial charge in [0.2, 0.25) is 0 Å². The first kappa shape index (κ1) is 12.5. The van der Waals surface area contributed by atoms with E-state index in [1.165, 1.54) is 0 Å². The Morgan fingerprint density at radius 2 is 1.50 bits per heavy atom. The van der Waals surface area contributed by atoms with Crippen molar-refractivity contribution in [1.82, 2.24) is 0 Å². The molecule has 2 N–H and O–H groups in total. The van der Waals surface area contributed by atoms with Crippen LogP contribution in [0.5, 0.6) is 11.5 Å². The quantitative estimate of drug-likeness (QED) is 0.857. The first-order valence-electron chi connectivity index (χ1n) is 6.31. The van der Waals surface area contributed by atoms with Gasteiger partial charge in [-0.3, -0.25) is 0 Å². The van der Waals surface area contributed by atoms with Gasteiger partial charge in [-0.1, -0.05) is 44.2 Å². The Morgan fingerprint density at radius 1 is 0.833 bits per heavy atom. The Hall–Kier alpha value is -1.96. The fraction of sp³-hybridized carbons (Fsp3) is 0.250. The van der Waals surface area contributed by atoms with Crippen LogP contribution in [0.4, 0.5) is 0 Å². The van der Waals surface area contributed by atoms with Gasteiger partial charge in [-0.15, -0.1) is 0 Å². The van der Waals surface area contributed by atoms with Crippen LogP contribution in [-0.4, -0.2) is 10.2 Å². The molecule has 0 fully saturated rings. The highest BCUT2D eigenvalue weighted by molar-refractivity contribution is 5.76. The Balaban J connectivity index is 2.66. The third kappa shape index (κ3) is 2.06. The molecule has 0 heterocycles. The van der Waals surface area contributed by atoms with Gasteiger partial charge in [-0.05, 0) is 30.0 Å². The molecule has 0 saturated carbocycles. The molecule has 0 atom stereocenters. The summed E-state index contributed by atoms with van der Waals surface area (Å²) >= 11 is 0. The van der Waals surface area contributed by atoms with Gasteiger partial charge in [-0.2, -0.15) is 0 Å². The van der Waals surface area contributed by atoms with Crippen molar-refractivity contribution in [1.29, 1.82) is 0 Å². The Bertz CT molecular complexity index is 559. The van der Waals surface area contributed by atoms with E-state index in [1.807, 2.05) is 44.2 Å². The second-order valence-corrected chi connectivity index (χ2v) is 4.32. The first-order chi connectivity index (χ1) is 8.69. The maximum absolute atomic E-state index is 10.3. The molecule has 2 nitrogen and oxygen atoms in total. The summed E-state index contributed by atoms with van der Waals surface area (Å²) in [5.74, 6) is 0.608. The summed E-state index contributed by atoms with van der Waals surface area (Å²) in [6.45, 7) is 4.02. The van der Waals surface area contributed by atoms with Crippen molar-refractivity contribution >= 4 is 0 Å². The zero-order valence-electron chi connectivity index (χ0n) is 10.8. The topological polar surface area (TPSA) is 40.5 Å². The molecule has 0 aromatic heterocycles. The standard InChI is InChI=1S/C16H18O2/c1-3-11-7-5-9-14(16(11)18)13-8-6-10-15(17)12(13)4-2/h5-10,17-18H,3-4H2,1-2H3. The zero-order chi connectivity index (χ0) is 13.1. The monoisotopic (exact) mass is 242 g/mol. The number of rotatable bonds is 3. The fourth-order valence-corrected chi connectivity index (χ4v) is 2.29. The number of aromatic hydroxyl groups is 2. The second-order valence-electron chi connectivity index (χ2n) is 4.32. The molecule has 2 aromatic rings. The predicted molar refractivity (Wildman–Crippen MR) is 74.0 cm³/mol. The number of hydrogen-bond donors (Lipinski definition) is 2. The summed E-state index contributed by atoms with van der Waals surface area (Å²) in [6, 6.07) is 11.2. The SMILES string of the molecule is CCc1cccc(-c2cccc(O)c2CC)c1O. The molecule has 2 heteroatoms. The van der Waals surface area contributed by atoms with Crippen LogP contribution in [-0.2, 0) is 12.8 Å². The maximum Gasteiger partial charge on any atom is 0.126 e. The van der Waals surface area contributed by atoms with E-state index < -0.39 is 0 Å². The number of para-hydroxylation sites is 1. The number of phenolic OH excluding ortho intramolecular Hbond substituents is 2. The molecular formula is C16H18O2. The summed E-state index contributed by atoms with van der Waals surface area (Å²) in [6.07, 6.45) is 1.53. The van der Waals surface area contributed by atoms with Crippen molar-refractivity contribution in [3.05, 3.63) is 47.5 Å². The third-order valence-corrected chi connectivity index (χ3v) is 3.30. The van der Waals surface area contributed by atoms with Gasteiger partial charge in [0.15, 0.2) is 0 Å². The zero-order valence-corrected chi connectivity index (χ0v) is 10.8. The van der Waals surface area contributed by atoms with E-state index in [4.69, 9.17) is 0 Å². The lowest BCUT2D eigenvalue weighted by Gasteiger charge is -2.13. The van der Waals surface area contributed by atoms with Crippen molar-refractivity contribution in [2.45, 2.75) is 26.7 Å². The van der Waals surface area contributed by atoms with Crippen LogP contribution in [0.3, 0.4) is 0 Å². The van der Waals surface area contributed by atoms with E-state index in [0.29, 0.717) is 5.75 Å². The van der Waals surface area contributed by atoms with Crippen molar-refractivity contribution in [2.75, 3.05) is 0 Å². The minimum absolute atomic E-state index is 0.288. The fourth-order valence-electron chi connectivity index (χ4n) is 2.29. The molecule has 0 unspecified atom stereocenters. The van der Waals surface area contributed by atoms with E-state index in [2.05, 4.69) is 0 Å². The first-order valence-corrected chi connectivity index (χ1v) is 6.31. The van der Waals surface area contributed by atoms with Gasteiger partial charge < -0.3 is 10.2 Å². The van der Waals surface area contributed by atoms with Crippen LogP contribution in [0.2, 0.25) is 0 Å². The van der Waals surface area contributed by atoms with E-state index in [9.17, 15) is 10.2 Å². The molecule has 94 valence electrons. The average Bonchev–Trinajstić information content (AvgIpc) is 2.39. The summed E-state index contributed by atoms with van der Waals surface area (Å²) in [7, 11) is 0. The number of hydrogen-bond acceptors (Lipinski definition) is 2. The van der Waals surface area contributed by atoms with Crippen LogP contribution in [0.25, 0.3) is 11.1 Å². The summed E-state index contributed by atoms with van der Waals surface area (Å²) in [5.41, 5.74) is 3.51. The Kier molecular flexibility index (Phi) is 3.56. The largest absolute Gasteiger partial charge is 0.508 e. The highest BCUT2D eigenvalue weighted by Gasteiger charge is 2.12. The number of benzene rings is 2. The van der Waals surface area contributed by atoms with Gasteiger partial charge in [0.05, 0.1) is 0 Å². The van der Waals surface area contributed by atoms with Crippen molar-refractivity contribution in [3.8, 4) is 22.6 Å².